The minimum Gasteiger partial charge on any atom is -0.508 e. The summed E-state index contributed by atoms with van der Waals surface area (Å²) in [6.07, 6.45) is 3.68. The van der Waals surface area contributed by atoms with Gasteiger partial charge < -0.3 is 14.6 Å². The number of hydrogen-bond acceptors (Lipinski definition) is 5. The third kappa shape index (κ3) is 3.07. The van der Waals surface area contributed by atoms with Crippen LogP contribution in [0.15, 0.2) is 47.3 Å². The van der Waals surface area contributed by atoms with Crippen molar-refractivity contribution < 1.29 is 5.11 Å². The molecule has 1 aliphatic heterocycles. The maximum absolute atomic E-state index is 14.0. The highest BCUT2D eigenvalue weighted by Gasteiger charge is 2.22. The third-order valence-electron chi connectivity index (χ3n) is 7.06. The zero-order chi connectivity index (χ0) is 23.4. The van der Waals surface area contributed by atoms with Crippen LogP contribution < -0.4 is 10.5 Å². The number of fused-ring (bicyclic) bond motifs is 5. The van der Waals surface area contributed by atoms with Crippen LogP contribution in [-0.4, -0.2) is 37.9 Å². The topological polar surface area (TPSA) is 87.0 Å². The van der Waals surface area contributed by atoms with Gasteiger partial charge in [0.25, 0.3) is 5.56 Å². The lowest BCUT2D eigenvalue weighted by Gasteiger charge is -2.29. The standard InChI is InChI=1S/C27H27N5O2/c1-3-32-21-15-18(31-13-5-4-6-14-31)9-12-20(21)23-22-16(2)29-30-26(22)28-25(24(23)27(32)34)17-7-10-19(33)11-8-17/h7-12,15,33H,3-6,13-14H2,1-2H3,(H,28,29,30). The van der Waals surface area contributed by atoms with E-state index in [0.717, 1.165) is 46.0 Å². The van der Waals surface area contributed by atoms with Gasteiger partial charge >= 0.3 is 0 Å². The van der Waals surface area contributed by atoms with E-state index in [0.29, 0.717) is 23.3 Å². The number of piperidine rings is 1. The summed E-state index contributed by atoms with van der Waals surface area (Å²) in [5.74, 6) is 0.173. The van der Waals surface area contributed by atoms with E-state index in [1.54, 1.807) is 24.3 Å². The Morgan fingerprint density at radius 1 is 1.00 bits per heavy atom. The summed E-state index contributed by atoms with van der Waals surface area (Å²) < 4.78 is 1.86. The normalized spacial score (nSPS) is 14.5. The largest absolute Gasteiger partial charge is 0.508 e. The fraction of sp³-hybridized carbons (Fsp3) is 0.296. The maximum Gasteiger partial charge on any atom is 0.261 e. The van der Waals surface area contributed by atoms with Crippen molar-refractivity contribution in [3.63, 3.8) is 0 Å². The summed E-state index contributed by atoms with van der Waals surface area (Å²) in [5, 5.41) is 20.7. The van der Waals surface area contributed by atoms with E-state index < -0.39 is 0 Å². The summed E-state index contributed by atoms with van der Waals surface area (Å²) in [6, 6.07) is 13.3. The second kappa shape index (κ2) is 7.87. The van der Waals surface area contributed by atoms with Gasteiger partial charge in [-0.25, -0.2) is 4.98 Å². The van der Waals surface area contributed by atoms with Crippen LogP contribution in [0.5, 0.6) is 5.75 Å². The maximum atomic E-state index is 14.0. The van der Waals surface area contributed by atoms with E-state index in [1.165, 1.54) is 24.9 Å². The number of pyridine rings is 2. The monoisotopic (exact) mass is 453 g/mol. The van der Waals surface area contributed by atoms with E-state index in [2.05, 4.69) is 33.3 Å². The van der Waals surface area contributed by atoms with Crippen molar-refractivity contribution in [2.45, 2.75) is 39.7 Å². The van der Waals surface area contributed by atoms with Crippen LogP contribution in [0.1, 0.15) is 31.9 Å². The van der Waals surface area contributed by atoms with Gasteiger partial charge in [-0.3, -0.25) is 9.89 Å². The molecule has 2 aromatic carbocycles. The Hall–Kier alpha value is -3.87. The fourth-order valence-corrected chi connectivity index (χ4v) is 5.37. The molecule has 0 saturated carbocycles. The first-order valence-corrected chi connectivity index (χ1v) is 12.0. The third-order valence-corrected chi connectivity index (χ3v) is 7.06. The Morgan fingerprint density at radius 3 is 2.50 bits per heavy atom. The number of aromatic hydroxyl groups is 1. The number of nitrogens with zero attached hydrogens (tertiary/aromatic N) is 4. The number of benzene rings is 2. The number of nitrogens with one attached hydrogen (secondary N) is 1. The molecule has 7 heteroatoms. The van der Waals surface area contributed by atoms with E-state index in [4.69, 9.17) is 4.98 Å². The number of anilines is 1. The molecule has 3 aromatic heterocycles. The number of aromatic nitrogens is 4. The van der Waals surface area contributed by atoms with Gasteiger partial charge in [-0.2, -0.15) is 5.10 Å². The molecule has 34 heavy (non-hydrogen) atoms. The van der Waals surface area contributed by atoms with E-state index in [9.17, 15) is 9.90 Å². The van der Waals surface area contributed by atoms with Crippen LogP contribution in [-0.2, 0) is 6.54 Å². The molecule has 1 fully saturated rings. The van der Waals surface area contributed by atoms with E-state index in [-0.39, 0.29) is 11.3 Å². The molecule has 6 rings (SSSR count). The number of phenolic OH excluding ortho intramolecular Hbond substituents is 1. The van der Waals surface area contributed by atoms with Crippen molar-refractivity contribution in [1.29, 1.82) is 0 Å². The van der Waals surface area contributed by atoms with E-state index in [1.807, 2.05) is 18.4 Å². The van der Waals surface area contributed by atoms with E-state index >= 15 is 0 Å². The van der Waals surface area contributed by atoms with Gasteiger partial charge in [0.2, 0.25) is 0 Å². The van der Waals surface area contributed by atoms with Crippen molar-refractivity contribution in [2.24, 2.45) is 0 Å². The molecule has 2 N–H and O–H groups in total. The molecule has 0 unspecified atom stereocenters. The summed E-state index contributed by atoms with van der Waals surface area (Å²) in [6.45, 7) is 6.64. The molecular formula is C27H27N5O2. The first-order chi connectivity index (χ1) is 16.6. The van der Waals surface area contributed by atoms with Crippen molar-refractivity contribution in [3.05, 3.63) is 58.5 Å². The minimum atomic E-state index is -0.0566. The molecule has 0 bridgehead atoms. The summed E-state index contributed by atoms with van der Waals surface area (Å²) in [4.78, 5) is 21.3. The summed E-state index contributed by atoms with van der Waals surface area (Å²) in [5.41, 5.74) is 4.88. The van der Waals surface area contributed by atoms with Crippen LogP contribution in [0.4, 0.5) is 5.69 Å². The number of H-pyrrole nitrogens is 1. The predicted molar refractivity (Wildman–Crippen MR) is 137 cm³/mol. The molecule has 0 spiro atoms. The number of hydrogen-bond donors (Lipinski definition) is 2. The first kappa shape index (κ1) is 20.7. The smallest absolute Gasteiger partial charge is 0.261 e. The van der Waals surface area contributed by atoms with Gasteiger partial charge in [0, 0.05) is 47.4 Å². The molecule has 4 heterocycles. The lowest BCUT2D eigenvalue weighted by Crippen LogP contribution is -2.29. The van der Waals surface area contributed by atoms with Crippen LogP contribution >= 0.6 is 0 Å². The number of rotatable bonds is 3. The molecular weight excluding hydrogens is 426 g/mol. The van der Waals surface area contributed by atoms with Crippen molar-refractivity contribution in [3.8, 4) is 17.0 Å². The number of aryl methyl sites for hydroxylation is 2. The molecule has 1 saturated heterocycles. The van der Waals surface area contributed by atoms with Gasteiger partial charge in [-0.15, -0.1) is 0 Å². The van der Waals surface area contributed by atoms with Crippen LogP contribution in [0.25, 0.3) is 44.0 Å². The highest BCUT2D eigenvalue weighted by molar-refractivity contribution is 6.21. The van der Waals surface area contributed by atoms with Gasteiger partial charge in [0.05, 0.1) is 22.0 Å². The molecule has 172 valence electrons. The van der Waals surface area contributed by atoms with Crippen LogP contribution in [0.3, 0.4) is 0 Å². The molecule has 0 radical (unpaired) electrons. The van der Waals surface area contributed by atoms with Crippen molar-refractivity contribution in [1.82, 2.24) is 19.7 Å². The average molecular weight is 454 g/mol. The van der Waals surface area contributed by atoms with Crippen LogP contribution in [0.2, 0.25) is 0 Å². The first-order valence-electron chi connectivity index (χ1n) is 12.0. The molecule has 0 atom stereocenters. The highest BCUT2D eigenvalue weighted by Crippen LogP contribution is 2.37. The van der Waals surface area contributed by atoms with Crippen molar-refractivity contribution in [2.75, 3.05) is 18.0 Å². The minimum absolute atomic E-state index is 0.0566. The fourth-order valence-electron chi connectivity index (χ4n) is 5.37. The molecule has 1 aliphatic rings. The number of aromatic amines is 1. The van der Waals surface area contributed by atoms with Gasteiger partial charge in [0.15, 0.2) is 5.65 Å². The second-order valence-corrected chi connectivity index (χ2v) is 9.10. The molecule has 0 aliphatic carbocycles. The Labute approximate surface area is 196 Å². The molecule has 7 nitrogen and oxygen atoms in total. The second-order valence-electron chi connectivity index (χ2n) is 9.10. The highest BCUT2D eigenvalue weighted by atomic mass is 16.3. The Balaban J connectivity index is 1.76. The Kier molecular flexibility index (Phi) is 4.79. The predicted octanol–water partition coefficient (Wildman–Crippen LogP) is 5.12. The lowest BCUT2D eigenvalue weighted by molar-refractivity contribution is 0.475. The van der Waals surface area contributed by atoms with Crippen LogP contribution in [0, 0.1) is 6.92 Å². The van der Waals surface area contributed by atoms with Gasteiger partial charge in [-0.1, -0.05) is 6.07 Å². The summed E-state index contributed by atoms with van der Waals surface area (Å²) >= 11 is 0. The summed E-state index contributed by atoms with van der Waals surface area (Å²) in [7, 11) is 0. The molecule has 0 amide bonds. The quantitative estimate of drug-likeness (QED) is 0.371. The number of phenols is 1. The Bertz CT molecular complexity index is 1610. The molecule has 5 aromatic rings. The average Bonchev–Trinajstić information content (AvgIpc) is 3.24. The van der Waals surface area contributed by atoms with Gasteiger partial charge in [0.1, 0.15) is 5.75 Å². The van der Waals surface area contributed by atoms with Crippen molar-refractivity contribution >= 4 is 38.4 Å². The van der Waals surface area contributed by atoms with Gasteiger partial charge in [-0.05, 0) is 69.5 Å². The zero-order valence-corrected chi connectivity index (χ0v) is 19.4. The SMILES string of the molecule is CCn1c(=O)c2c(-c3ccc(O)cc3)nc3n[nH]c(C)c3c2c2ccc(N3CCCCC3)cc21. The lowest BCUT2D eigenvalue weighted by atomic mass is 9.98. The Morgan fingerprint density at radius 2 is 1.76 bits per heavy atom. The zero-order valence-electron chi connectivity index (χ0n) is 19.4.